The molecule has 90 valence electrons. The fourth-order valence-electron chi connectivity index (χ4n) is 1.17. The maximum atomic E-state index is 10.7. The van der Waals surface area contributed by atoms with Gasteiger partial charge in [0.25, 0.3) is 0 Å². The third-order valence-electron chi connectivity index (χ3n) is 1.48. The van der Waals surface area contributed by atoms with Crippen molar-refractivity contribution in [3.05, 3.63) is 0 Å². The van der Waals surface area contributed by atoms with Gasteiger partial charge >= 0.3 is 5.97 Å². The van der Waals surface area contributed by atoms with Gasteiger partial charge in [-0.15, -0.1) is 0 Å². The van der Waals surface area contributed by atoms with Crippen LogP contribution in [-0.2, 0) is 14.3 Å². The highest BCUT2D eigenvalue weighted by Gasteiger charge is 2.20. The second kappa shape index (κ2) is 6.63. The van der Waals surface area contributed by atoms with Crippen LogP contribution in [0.3, 0.4) is 0 Å². The van der Waals surface area contributed by atoms with Crippen molar-refractivity contribution in [2.45, 2.75) is 19.4 Å². The molecule has 0 bridgehead atoms. The normalized spacial score (nSPS) is 12.5. The number of likely N-dealkylation sites (N-methyl/N-ethyl adjacent to an activating group) is 1. The van der Waals surface area contributed by atoms with Crippen molar-refractivity contribution in [2.75, 3.05) is 27.7 Å². The van der Waals surface area contributed by atoms with Crippen LogP contribution in [0.15, 0.2) is 0 Å². The topological polar surface area (TPSA) is 66.4 Å². The number of nitrogens with zero attached hydrogens (tertiary/aromatic N) is 1. The Morgan fingerprint density at radius 2 is 1.80 bits per heavy atom. The lowest BCUT2D eigenvalue weighted by atomic mass is 10.2. The number of esters is 1. The lowest BCUT2D eigenvalue weighted by molar-refractivity contribution is -0.873. The minimum absolute atomic E-state index is 0. The van der Waals surface area contributed by atoms with Crippen molar-refractivity contribution in [1.82, 2.24) is 0 Å². The molecule has 0 fully saturated rings. The van der Waals surface area contributed by atoms with E-state index in [1.165, 1.54) is 6.92 Å². The van der Waals surface area contributed by atoms with Gasteiger partial charge in [-0.1, -0.05) is 0 Å². The third-order valence-corrected chi connectivity index (χ3v) is 1.48. The molecule has 6 heteroatoms. The molecular weight excluding hydrogens is 225 g/mol. The zero-order valence-corrected chi connectivity index (χ0v) is 10.2. The van der Waals surface area contributed by atoms with E-state index in [1.807, 2.05) is 21.1 Å². The SMILES string of the molecule is CC(=O)O[C@H](CC(=O)[O-])C[N+]([13CH3])([13CH3])[13CH3].[Cl-]. The molecule has 0 spiro atoms. The number of halogens is 1. The number of aliphatic carboxylic acids is 1. The highest BCUT2D eigenvalue weighted by atomic mass is 35.5. The Bertz CT molecular complexity index is 209. The first kappa shape index (κ1) is 16.6. The molecule has 0 saturated heterocycles. The lowest BCUT2D eigenvalue weighted by Crippen LogP contribution is -3.00. The number of carbonyl (C=O) groups is 2. The molecule has 0 heterocycles. The summed E-state index contributed by atoms with van der Waals surface area (Å²) in [5.41, 5.74) is 0. The molecule has 0 amide bonds. The van der Waals surface area contributed by atoms with Gasteiger partial charge in [-0.05, 0) is 0 Å². The summed E-state index contributed by atoms with van der Waals surface area (Å²) in [5.74, 6) is -1.67. The molecule has 0 radical (unpaired) electrons. The third kappa shape index (κ3) is 11.1. The van der Waals surface area contributed by atoms with Crippen LogP contribution >= 0.6 is 0 Å². The summed E-state index contributed by atoms with van der Waals surface area (Å²) in [6.07, 6.45) is -0.868. The van der Waals surface area contributed by atoms with E-state index < -0.39 is 18.0 Å². The molecule has 0 aromatic heterocycles. The van der Waals surface area contributed by atoms with E-state index in [4.69, 9.17) is 4.74 Å². The minimum atomic E-state index is -1.20. The van der Waals surface area contributed by atoms with E-state index in [-0.39, 0.29) is 18.8 Å². The van der Waals surface area contributed by atoms with Crippen molar-refractivity contribution in [3.63, 3.8) is 0 Å². The molecule has 15 heavy (non-hydrogen) atoms. The van der Waals surface area contributed by atoms with E-state index >= 15 is 0 Å². The van der Waals surface area contributed by atoms with Crippen LogP contribution < -0.4 is 17.5 Å². The van der Waals surface area contributed by atoms with Crippen LogP contribution in [-0.4, -0.2) is 50.2 Å². The number of quaternary nitrogens is 1. The van der Waals surface area contributed by atoms with Crippen molar-refractivity contribution in [1.29, 1.82) is 0 Å². The Morgan fingerprint density at radius 3 is 2.07 bits per heavy atom. The molecule has 0 aromatic rings. The zero-order valence-electron chi connectivity index (χ0n) is 9.45. The molecule has 0 unspecified atom stereocenters. The Hall–Kier alpha value is -0.810. The zero-order chi connectivity index (χ0) is 11.4. The fourth-order valence-corrected chi connectivity index (χ4v) is 1.17. The average molecular weight is 242 g/mol. The highest BCUT2D eigenvalue weighted by molar-refractivity contribution is 5.68. The highest BCUT2D eigenvalue weighted by Crippen LogP contribution is 2.04. The number of rotatable bonds is 5. The molecule has 0 N–H and O–H groups in total. The summed E-state index contributed by atoms with van der Waals surface area (Å²) in [4.78, 5) is 21.0. The van der Waals surface area contributed by atoms with Gasteiger partial charge in [0.05, 0.1) is 21.1 Å². The Balaban J connectivity index is 0. The van der Waals surface area contributed by atoms with Crippen molar-refractivity contribution in [3.8, 4) is 0 Å². The number of carboxylic acid groups (broad SMARTS) is 1. The van der Waals surface area contributed by atoms with Gasteiger partial charge in [-0.25, -0.2) is 0 Å². The van der Waals surface area contributed by atoms with Gasteiger partial charge in [0.15, 0.2) is 6.10 Å². The van der Waals surface area contributed by atoms with E-state index in [0.29, 0.717) is 11.0 Å². The van der Waals surface area contributed by atoms with Gasteiger partial charge in [-0.2, -0.15) is 0 Å². The molecule has 0 rings (SSSR count). The van der Waals surface area contributed by atoms with Crippen LogP contribution in [0, 0.1) is 0 Å². The molecule has 5 nitrogen and oxygen atoms in total. The number of carboxylic acids is 1. The summed E-state index contributed by atoms with van der Waals surface area (Å²) in [6.45, 7) is 1.71. The Labute approximate surface area is 96.0 Å². The van der Waals surface area contributed by atoms with Crippen LogP contribution in [0.1, 0.15) is 13.3 Å². The summed E-state index contributed by atoms with van der Waals surface area (Å²) in [5, 5.41) is 10.4. The molecule has 0 aromatic carbocycles. The predicted molar refractivity (Wildman–Crippen MR) is 48.1 cm³/mol. The largest absolute Gasteiger partial charge is 1.00 e. The molecule has 0 aliphatic carbocycles. The van der Waals surface area contributed by atoms with Crippen molar-refractivity contribution in [2.24, 2.45) is 0 Å². The quantitative estimate of drug-likeness (QED) is 0.278. The number of ether oxygens (including phenoxy) is 1. The van der Waals surface area contributed by atoms with Crippen LogP contribution in [0.25, 0.3) is 0 Å². The maximum Gasteiger partial charge on any atom is 0.303 e. The molecule has 1 atom stereocenters. The molecule has 0 aliphatic heterocycles. The fraction of sp³-hybridized carbons (Fsp3) is 0.778. The van der Waals surface area contributed by atoms with Gasteiger partial charge in [0.1, 0.15) is 6.54 Å². The van der Waals surface area contributed by atoms with Gasteiger partial charge in [0, 0.05) is 19.3 Å². The summed E-state index contributed by atoms with van der Waals surface area (Å²) in [6, 6.07) is 0. The summed E-state index contributed by atoms with van der Waals surface area (Å²) < 4.78 is 5.39. The monoisotopic (exact) mass is 241 g/mol. The Morgan fingerprint density at radius 1 is 1.33 bits per heavy atom. The number of carbonyl (C=O) groups excluding carboxylic acids is 2. The average Bonchev–Trinajstić information content (AvgIpc) is 1.77. The van der Waals surface area contributed by atoms with Gasteiger partial charge in [0.2, 0.25) is 0 Å². The van der Waals surface area contributed by atoms with Crippen molar-refractivity contribution < 1.29 is 36.3 Å². The van der Waals surface area contributed by atoms with E-state index in [9.17, 15) is 14.7 Å². The first-order valence-corrected chi connectivity index (χ1v) is 4.38. The Kier molecular flexibility index (Phi) is 7.35. The van der Waals surface area contributed by atoms with Crippen molar-refractivity contribution >= 4 is 11.9 Å². The van der Waals surface area contributed by atoms with Crippen LogP contribution in [0.5, 0.6) is 0 Å². The first-order valence-electron chi connectivity index (χ1n) is 4.38. The predicted octanol–water partition coefficient (Wildman–Crippen LogP) is -4.23. The molecule has 0 aliphatic rings. The number of hydrogen-bond donors (Lipinski definition) is 0. The second-order valence-electron chi connectivity index (χ2n) is 4.28. The van der Waals surface area contributed by atoms with E-state index in [2.05, 4.69) is 0 Å². The molecule has 0 saturated carbocycles. The maximum absolute atomic E-state index is 10.7. The van der Waals surface area contributed by atoms with Crippen LogP contribution in [0.4, 0.5) is 0 Å². The van der Waals surface area contributed by atoms with Crippen LogP contribution in [0.2, 0.25) is 0 Å². The van der Waals surface area contributed by atoms with E-state index in [1.54, 1.807) is 0 Å². The minimum Gasteiger partial charge on any atom is -1.00 e. The summed E-state index contributed by atoms with van der Waals surface area (Å²) >= 11 is 0. The lowest BCUT2D eigenvalue weighted by Gasteiger charge is -2.28. The van der Waals surface area contributed by atoms with E-state index in [0.717, 1.165) is 0 Å². The standard InChI is InChI=1S/C9H17NO4.ClH/c1-7(11)14-8(5-9(12)13)6-10(2,3)4;/h8H,5-6H2,1-4H3;1H/p-1/t8-;/m1./s1/i2+1,3+1,4+1;. The van der Waals surface area contributed by atoms with Gasteiger partial charge < -0.3 is 31.5 Å². The first-order chi connectivity index (χ1) is 6.20. The second-order valence-corrected chi connectivity index (χ2v) is 4.28. The number of hydrogen-bond acceptors (Lipinski definition) is 4. The summed E-state index contributed by atoms with van der Waals surface area (Å²) in [7, 11) is 5.68. The molecular formula is C9H17ClNO4-. The smallest absolute Gasteiger partial charge is 0.303 e. The van der Waals surface area contributed by atoms with Gasteiger partial charge in [-0.3, -0.25) is 4.79 Å².